The second kappa shape index (κ2) is 5.91. The number of hydrogen-bond donors (Lipinski definition) is 0. The Balaban J connectivity index is 1.88. The van der Waals surface area contributed by atoms with Crippen molar-refractivity contribution in [2.75, 3.05) is 0 Å². The minimum Gasteiger partial charge on any atom is -0.0619 e. The molecular weight excluding hydrogens is 540 g/mol. The number of hydrogen-bond acceptors (Lipinski definition) is 0. The van der Waals surface area contributed by atoms with Gasteiger partial charge in [0.15, 0.2) is 0 Å². The van der Waals surface area contributed by atoms with Crippen molar-refractivity contribution in [1.82, 2.24) is 0 Å². The summed E-state index contributed by atoms with van der Waals surface area (Å²) in [6.07, 6.45) is 0. The minimum atomic E-state index is -0.298. The van der Waals surface area contributed by atoms with E-state index in [-0.39, 0.29) is 5.41 Å². The molecule has 0 aromatic heterocycles. The molecule has 4 aromatic rings. The molecule has 0 aliphatic heterocycles. The second-order valence-electron chi connectivity index (χ2n) is 7.37. The van der Waals surface area contributed by atoms with E-state index >= 15 is 0 Å². The van der Waals surface area contributed by atoms with E-state index in [0.717, 1.165) is 13.4 Å². The van der Waals surface area contributed by atoms with Crippen LogP contribution in [0.1, 0.15) is 22.3 Å². The molecule has 0 amide bonds. The van der Waals surface area contributed by atoms with Gasteiger partial charge in [0.2, 0.25) is 0 Å². The Morgan fingerprint density at radius 2 is 0.821 bits per heavy atom. The molecule has 4 aromatic carbocycles. The number of fused-ring (bicyclic) bond motifs is 10. The highest BCUT2D eigenvalue weighted by Crippen LogP contribution is 2.63. The average Bonchev–Trinajstić information content (AvgIpc) is 3.13. The fourth-order valence-electron chi connectivity index (χ4n) is 5.10. The van der Waals surface area contributed by atoms with Crippen molar-refractivity contribution in [3.63, 3.8) is 0 Å². The summed E-state index contributed by atoms with van der Waals surface area (Å²) in [4.78, 5) is 0. The molecule has 2 aliphatic carbocycles. The third-order valence-electron chi connectivity index (χ3n) is 6.07. The van der Waals surface area contributed by atoms with Crippen molar-refractivity contribution < 1.29 is 0 Å². The highest BCUT2D eigenvalue weighted by atomic mass is 79.9. The van der Waals surface area contributed by atoms with Crippen LogP contribution >= 0.6 is 47.8 Å². The Bertz CT molecular complexity index is 1230. The monoisotopic (exact) mass is 550 g/mol. The van der Waals surface area contributed by atoms with Crippen LogP contribution in [-0.4, -0.2) is 0 Å². The summed E-state index contributed by atoms with van der Waals surface area (Å²) in [5.74, 6) is 0. The molecule has 0 unspecified atom stereocenters. The molecule has 0 fully saturated rings. The zero-order valence-electron chi connectivity index (χ0n) is 14.6. The zero-order chi connectivity index (χ0) is 19.0. The fourth-order valence-corrected chi connectivity index (χ4v) is 6.18. The van der Waals surface area contributed by atoms with E-state index < -0.39 is 0 Å². The Hall–Kier alpha value is -1.68. The van der Waals surface area contributed by atoms with Gasteiger partial charge in [-0.2, -0.15) is 0 Å². The summed E-state index contributed by atoms with van der Waals surface area (Å²) >= 11 is 11.2. The summed E-state index contributed by atoms with van der Waals surface area (Å²) in [5.41, 5.74) is 10.4. The van der Waals surface area contributed by atoms with Gasteiger partial charge in [-0.3, -0.25) is 0 Å². The van der Waals surface area contributed by atoms with E-state index in [1.807, 2.05) is 0 Å². The van der Waals surface area contributed by atoms with Gasteiger partial charge in [-0.25, -0.2) is 0 Å². The highest BCUT2D eigenvalue weighted by Gasteiger charge is 2.51. The van der Waals surface area contributed by atoms with Crippen LogP contribution in [0, 0.1) is 0 Å². The first kappa shape index (κ1) is 17.2. The van der Waals surface area contributed by atoms with Crippen LogP contribution in [0.5, 0.6) is 0 Å². The van der Waals surface area contributed by atoms with E-state index in [1.165, 1.54) is 44.5 Å². The Kier molecular flexibility index (Phi) is 3.63. The van der Waals surface area contributed by atoms with Gasteiger partial charge in [0.1, 0.15) is 0 Å². The van der Waals surface area contributed by atoms with Crippen molar-refractivity contribution in [3.05, 3.63) is 115 Å². The third kappa shape index (κ3) is 2.05. The van der Waals surface area contributed by atoms with Crippen LogP contribution in [0.4, 0.5) is 0 Å². The van der Waals surface area contributed by atoms with Gasteiger partial charge in [0.25, 0.3) is 0 Å². The minimum absolute atomic E-state index is 0.298. The third-order valence-corrected chi connectivity index (χ3v) is 7.55. The molecule has 0 N–H and O–H groups in total. The molecule has 0 saturated heterocycles. The maximum absolute atomic E-state index is 3.73. The lowest BCUT2D eigenvalue weighted by Crippen LogP contribution is -2.26. The predicted molar refractivity (Wildman–Crippen MR) is 126 cm³/mol. The highest BCUT2D eigenvalue weighted by molar-refractivity contribution is 9.11. The standard InChI is InChI=1S/C25H13Br3/c26-14-5-8-18-17-3-1-2-4-21(17)25(22(18)11-14)23-12-15(27)6-9-19(23)20-10-7-16(28)13-24(20)25/h1-13H. The number of rotatable bonds is 0. The first-order chi connectivity index (χ1) is 13.6. The number of benzene rings is 4. The van der Waals surface area contributed by atoms with Crippen LogP contribution in [-0.2, 0) is 5.41 Å². The van der Waals surface area contributed by atoms with Gasteiger partial charge < -0.3 is 0 Å². The van der Waals surface area contributed by atoms with Gasteiger partial charge in [0, 0.05) is 13.4 Å². The maximum atomic E-state index is 3.73. The van der Waals surface area contributed by atoms with Gasteiger partial charge in [-0.15, -0.1) is 0 Å². The van der Waals surface area contributed by atoms with Gasteiger partial charge in [-0.05, 0) is 80.9 Å². The van der Waals surface area contributed by atoms with E-state index in [1.54, 1.807) is 0 Å². The Morgan fingerprint density at radius 3 is 1.29 bits per heavy atom. The Labute approximate surface area is 189 Å². The van der Waals surface area contributed by atoms with Crippen molar-refractivity contribution >= 4 is 47.8 Å². The van der Waals surface area contributed by atoms with E-state index in [0.29, 0.717) is 0 Å². The van der Waals surface area contributed by atoms with Gasteiger partial charge >= 0.3 is 0 Å². The molecule has 0 nitrogen and oxygen atoms in total. The summed E-state index contributed by atoms with van der Waals surface area (Å²) in [6, 6.07) is 28.9. The first-order valence-corrected chi connectivity index (χ1v) is 11.5. The van der Waals surface area contributed by atoms with Crippen molar-refractivity contribution in [3.8, 4) is 22.3 Å². The van der Waals surface area contributed by atoms with Crippen LogP contribution in [0.2, 0.25) is 0 Å². The topological polar surface area (TPSA) is 0 Å². The van der Waals surface area contributed by atoms with Crippen LogP contribution < -0.4 is 0 Å². The molecule has 1 spiro atoms. The molecule has 134 valence electrons. The van der Waals surface area contributed by atoms with Crippen LogP contribution in [0.3, 0.4) is 0 Å². The molecule has 0 saturated carbocycles. The normalized spacial score (nSPS) is 14.5. The first-order valence-electron chi connectivity index (χ1n) is 9.11. The maximum Gasteiger partial charge on any atom is 0.0726 e. The average molecular weight is 553 g/mol. The molecule has 0 bridgehead atoms. The van der Waals surface area contributed by atoms with Gasteiger partial charge in [0.05, 0.1) is 5.41 Å². The summed E-state index contributed by atoms with van der Waals surface area (Å²) < 4.78 is 3.33. The lowest BCUT2D eigenvalue weighted by atomic mass is 9.70. The van der Waals surface area contributed by atoms with Gasteiger partial charge in [-0.1, -0.05) is 90.3 Å². The molecule has 28 heavy (non-hydrogen) atoms. The van der Waals surface area contributed by atoms with E-state index in [9.17, 15) is 0 Å². The van der Waals surface area contributed by atoms with Crippen molar-refractivity contribution in [2.45, 2.75) is 5.41 Å². The lowest BCUT2D eigenvalue weighted by Gasteiger charge is -2.30. The molecule has 0 atom stereocenters. The molecule has 2 aliphatic rings. The van der Waals surface area contributed by atoms with Crippen LogP contribution in [0.15, 0.2) is 92.3 Å². The quantitative estimate of drug-likeness (QED) is 0.178. The molecule has 0 radical (unpaired) electrons. The lowest BCUT2D eigenvalue weighted by molar-refractivity contribution is 0.792. The van der Waals surface area contributed by atoms with E-state index in [4.69, 9.17) is 0 Å². The predicted octanol–water partition coefficient (Wildman–Crippen LogP) is 8.32. The van der Waals surface area contributed by atoms with Crippen LogP contribution in [0.25, 0.3) is 22.3 Å². The molecule has 6 rings (SSSR count). The number of halogens is 3. The SMILES string of the molecule is Brc1ccc2c(c1)C1(c3ccccc3-2)c2cc(Br)ccc2-c2ccc(Br)cc21. The summed E-state index contributed by atoms with van der Waals surface area (Å²) in [5, 5.41) is 0. The summed E-state index contributed by atoms with van der Waals surface area (Å²) in [7, 11) is 0. The zero-order valence-corrected chi connectivity index (χ0v) is 19.4. The largest absolute Gasteiger partial charge is 0.0726 e. The molecule has 0 heterocycles. The van der Waals surface area contributed by atoms with Crippen molar-refractivity contribution in [1.29, 1.82) is 0 Å². The smallest absolute Gasteiger partial charge is 0.0619 e. The van der Waals surface area contributed by atoms with E-state index in [2.05, 4.69) is 127 Å². The molecule has 3 heteroatoms. The van der Waals surface area contributed by atoms with Crippen molar-refractivity contribution in [2.24, 2.45) is 0 Å². The molecular formula is C25H13Br3. The Morgan fingerprint density at radius 1 is 0.429 bits per heavy atom. The summed E-state index contributed by atoms with van der Waals surface area (Å²) in [6.45, 7) is 0. The second-order valence-corrected chi connectivity index (χ2v) is 10.1. The fraction of sp³-hybridized carbons (Fsp3) is 0.0400.